The molecule has 0 amide bonds. The smallest absolute Gasteiger partial charge is 0.00403 e. The molecule has 0 aromatic heterocycles. The fourth-order valence-corrected chi connectivity index (χ4v) is 2.02. The molecule has 0 N–H and O–H groups in total. The molecule has 1 rings (SSSR count). The van der Waals surface area contributed by atoms with Crippen molar-refractivity contribution in [2.24, 2.45) is 11.8 Å². The van der Waals surface area contributed by atoms with Gasteiger partial charge in [-0.3, -0.25) is 0 Å². The van der Waals surface area contributed by atoms with Crippen molar-refractivity contribution in [2.75, 3.05) is 0 Å². The molecule has 0 aliphatic heterocycles. The third-order valence-corrected chi connectivity index (χ3v) is 2.85. The van der Waals surface area contributed by atoms with E-state index in [0.29, 0.717) is 5.92 Å². The van der Waals surface area contributed by atoms with Crippen molar-refractivity contribution >= 4 is 0 Å². The predicted octanol–water partition coefficient (Wildman–Crippen LogP) is 3.72. The van der Waals surface area contributed by atoms with Crippen LogP contribution in [0.5, 0.6) is 0 Å². The number of hydrogen-bond donors (Lipinski definition) is 0. The van der Waals surface area contributed by atoms with Crippen molar-refractivity contribution in [1.82, 2.24) is 0 Å². The van der Waals surface area contributed by atoms with Gasteiger partial charge in [-0.2, -0.15) is 0 Å². The van der Waals surface area contributed by atoms with E-state index in [0.717, 1.165) is 12.3 Å². The zero-order valence-electron chi connectivity index (χ0n) is 8.14. The van der Waals surface area contributed by atoms with Gasteiger partial charge >= 0.3 is 0 Å². The molecule has 2 atom stereocenters. The van der Waals surface area contributed by atoms with E-state index < -0.39 is 0 Å². The van der Waals surface area contributed by atoms with Gasteiger partial charge in [0.15, 0.2) is 0 Å². The van der Waals surface area contributed by atoms with Gasteiger partial charge in [0.05, 0.1) is 0 Å². The van der Waals surface area contributed by atoms with Crippen LogP contribution in [0.3, 0.4) is 0 Å². The van der Waals surface area contributed by atoms with Gasteiger partial charge < -0.3 is 0 Å². The lowest BCUT2D eigenvalue weighted by Gasteiger charge is -2.30. The largest absolute Gasteiger partial charge is 0.102 e. The maximum Gasteiger partial charge on any atom is 0.00403 e. The Hall–Kier alpha value is -0.780. The highest BCUT2D eigenvalue weighted by Crippen LogP contribution is 2.37. The van der Waals surface area contributed by atoms with Crippen molar-refractivity contribution in [2.45, 2.75) is 26.7 Å². The number of allylic oxidation sites excluding steroid dienone is 4. The van der Waals surface area contributed by atoms with Gasteiger partial charge in [-0.05, 0) is 31.3 Å². The van der Waals surface area contributed by atoms with Gasteiger partial charge in [-0.1, -0.05) is 31.2 Å². The molecule has 0 spiro atoms. The van der Waals surface area contributed by atoms with Crippen molar-refractivity contribution in [3.05, 3.63) is 36.5 Å². The Labute approximate surface area is 75.7 Å². The molecular formula is C12H18. The zero-order valence-corrected chi connectivity index (χ0v) is 8.14. The molecule has 0 saturated heterocycles. The first-order chi connectivity index (χ1) is 5.70. The van der Waals surface area contributed by atoms with Crippen molar-refractivity contribution in [1.29, 1.82) is 0 Å². The second kappa shape index (κ2) is 3.75. The van der Waals surface area contributed by atoms with Crippen LogP contribution in [0, 0.1) is 11.8 Å². The average Bonchev–Trinajstić information content (AvgIpc) is 2.08. The highest BCUT2D eigenvalue weighted by atomic mass is 14.3. The van der Waals surface area contributed by atoms with E-state index in [1.54, 1.807) is 0 Å². The SMILES string of the molecule is C=CC1/C(=C/C)C(=C)CCC1C. The summed E-state index contributed by atoms with van der Waals surface area (Å²) in [5.41, 5.74) is 2.71. The summed E-state index contributed by atoms with van der Waals surface area (Å²) in [5, 5.41) is 0. The van der Waals surface area contributed by atoms with Crippen LogP contribution in [0.4, 0.5) is 0 Å². The van der Waals surface area contributed by atoms with E-state index in [1.165, 1.54) is 17.6 Å². The molecular weight excluding hydrogens is 144 g/mol. The predicted molar refractivity (Wildman–Crippen MR) is 55.0 cm³/mol. The minimum atomic E-state index is 0.538. The summed E-state index contributed by atoms with van der Waals surface area (Å²) in [6.07, 6.45) is 6.66. The van der Waals surface area contributed by atoms with Gasteiger partial charge in [0.25, 0.3) is 0 Å². The third-order valence-electron chi connectivity index (χ3n) is 2.85. The quantitative estimate of drug-likeness (QED) is 0.515. The molecule has 1 fully saturated rings. The maximum atomic E-state index is 4.08. The molecule has 12 heavy (non-hydrogen) atoms. The second-order valence-corrected chi connectivity index (χ2v) is 3.63. The van der Waals surface area contributed by atoms with E-state index in [9.17, 15) is 0 Å². The normalized spacial score (nSPS) is 33.8. The van der Waals surface area contributed by atoms with Crippen LogP contribution < -0.4 is 0 Å². The molecule has 2 unspecified atom stereocenters. The molecule has 1 aliphatic carbocycles. The van der Waals surface area contributed by atoms with Crippen molar-refractivity contribution in [3.8, 4) is 0 Å². The highest BCUT2D eigenvalue weighted by molar-refractivity contribution is 5.35. The van der Waals surface area contributed by atoms with Crippen molar-refractivity contribution < 1.29 is 0 Å². The Morgan fingerprint density at radius 3 is 2.58 bits per heavy atom. The Balaban J connectivity index is 2.90. The Morgan fingerprint density at radius 2 is 2.17 bits per heavy atom. The number of hydrogen-bond acceptors (Lipinski definition) is 0. The summed E-state index contributed by atoms with van der Waals surface area (Å²) < 4.78 is 0. The molecule has 0 heteroatoms. The molecule has 0 nitrogen and oxygen atoms in total. The van der Waals surface area contributed by atoms with Gasteiger partial charge in [0.2, 0.25) is 0 Å². The summed E-state index contributed by atoms with van der Waals surface area (Å²) in [7, 11) is 0. The van der Waals surface area contributed by atoms with Gasteiger partial charge in [0, 0.05) is 5.92 Å². The minimum Gasteiger partial charge on any atom is -0.102 e. The lowest BCUT2D eigenvalue weighted by molar-refractivity contribution is 0.417. The fraction of sp³-hybridized carbons (Fsp3) is 0.500. The Kier molecular flexibility index (Phi) is 2.91. The minimum absolute atomic E-state index is 0.538. The fourth-order valence-electron chi connectivity index (χ4n) is 2.02. The van der Waals surface area contributed by atoms with Crippen LogP contribution >= 0.6 is 0 Å². The van der Waals surface area contributed by atoms with Gasteiger partial charge in [0.1, 0.15) is 0 Å². The lowest BCUT2D eigenvalue weighted by atomic mass is 9.74. The Bertz CT molecular complexity index is 220. The monoisotopic (exact) mass is 162 g/mol. The van der Waals surface area contributed by atoms with Gasteiger partial charge in [-0.25, -0.2) is 0 Å². The Morgan fingerprint density at radius 1 is 1.50 bits per heavy atom. The lowest BCUT2D eigenvalue weighted by Crippen LogP contribution is -2.18. The average molecular weight is 162 g/mol. The molecule has 1 aliphatic rings. The van der Waals surface area contributed by atoms with E-state index in [2.05, 4.69) is 39.2 Å². The van der Waals surface area contributed by atoms with Crippen LogP contribution in [0.15, 0.2) is 36.5 Å². The standard InChI is InChI=1S/C12H18/c1-5-11-9(3)7-8-10(4)12(11)6-2/h5-6,9,11H,1,4,7-8H2,2-3H3/b12-6+. The van der Waals surface area contributed by atoms with Crippen LogP contribution in [-0.2, 0) is 0 Å². The van der Waals surface area contributed by atoms with E-state index in [4.69, 9.17) is 0 Å². The van der Waals surface area contributed by atoms with Crippen LogP contribution in [0.2, 0.25) is 0 Å². The summed E-state index contributed by atoms with van der Waals surface area (Å²) in [5.74, 6) is 1.27. The summed E-state index contributed by atoms with van der Waals surface area (Å²) >= 11 is 0. The van der Waals surface area contributed by atoms with E-state index >= 15 is 0 Å². The molecule has 0 radical (unpaired) electrons. The van der Waals surface area contributed by atoms with Crippen LogP contribution in [0.25, 0.3) is 0 Å². The van der Waals surface area contributed by atoms with Crippen LogP contribution in [0.1, 0.15) is 26.7 Å². The molecule has 0 heterocycles. The molecule has 66 valence electrons. The summed E-state index contributed by atoms with van der Waals surface area (Å²) in [4.78, 5) is 0. The second-order valence-electron chi connectivity index (χ2n) is 3.63. The first kappa shape index (κ1) is 9.31. The molecule has 0 bridgehead atoms. The maximum absolute atomic E-state index is 4.08. The molecule has 0 aromatic carbocycles. The van der Waals surface area contributed by atoms with Crippen molar-refractivity contribution in [3.63, 3.8) is 0 Å². The van der Waals surface area contributed by atoms with E-state index in [-0.39, 0.29) is 0 Å². The third kappa shape index (κ3) is 1.52. The van der Waals surface area contributed by atoms with E-state index in [1.807, 2.05) is 0 Å². The van der Waals surface area contributed by atoms with Crippen LogP contribution in [-0.4, -0.2) is 0 Å². The summed E-state index contributed by atoms with van der Waals surface area (Å²) in [6, 6.07) is 0. The number of rotatable bonds is 1. The first-order valence-electron chi connectivity index (χ1n) is 4.67. The van der Waals surface area contributed by atoms with Gasteiger partial charge in [-0.15, -0.1) is 6.58 Å². The topological polar surface area (TPSA) is 0 Å². The molecule has 0 aromatic rings. The first-order valence-corrected chi connectivity index (χ1v) is 4.67. The molecule has 1 saturated carbocycles. The zero-order chi connectivity index (χ0) is 9.14. The highest BCUT2D eigenvalue weighted by Gasteiger charge is 2.24. The summed E-state index contributed by atoms with van der Waals surface area (Å²) in [6.45, 7) is 12.4.